The number of hydrogen-bond donors (Lipinski definition) is 0. The van der Waals surface area contributed by atoms with Crippen LogP contribution < -0.4 is 0 Å². The molecule has 2 fully saturated rings. The first-order chi connectivity index (χ1) is 6.00. The molecule has 0 aromatic heterocycles. The van der Waals surface area contributed by atoms with Gasteiger partial charge in [-0.3, -0.25) is 0 Å². The lowest BCUT2D eigenvalue weighted by Gasteiger charge is -2.44. The molecular weight excluding hydrogens is 156 g/mol. The van der Waals surface area contributed by atoms with Gasteiger partial charge in [0.2, 0.25) is 0 Å². The topological polar surface area (TPSA) is 0 Å². The van der Waals surface area contributed by atoms with Crippen LogP contribution in [0.4, 0.5) is 0 Å². The second-order valence-electron chi connectivity index (χ2n) is 6.31. The minimum atomic E-state index is 0.616. The van der Waals surface area contributed by atoms with Crippen molar-refractivity contribution in [3.05, 3.63) is 0 Å². The van der Waals surface area contributed by atoms with Gasteiger partial charge in [-0.15, -0.1) is 0 Å². The van der Waals surface area contributed by atoms with Crippen molar-refractivity contribution in [2.45, 2.75) is 53.4 Å². The lowest BCUT2D eigenvalue weighted by atomic mass is 9.61. The lowest BCUT2D eigenvalue weighted by molar-refractivity contribution is 0.0603. The van der Waals surface area contributed by atoms with Crippen molar-refractivity contribution in [3.63, 3.8) is 0 Å². The molecule has 0 aromatic carbocycles. The van der Waals surface area contributed by atoms with Gasteiger partial charge in [0, 0.05) is 0 Å². The van der Waals surface area contributed by atoms with Crippen molar-refractivity contribution < 1.29 is 0 Å². The zero-order valence-electron chi connectivity index (χ0n) is 9.64. The molecule has 0 heterocycles. The van der Waals surface area contributed by atoms with Crippen LogP contribution in [0.25, 0.3) is 0 Å². The number of hydrogen-bond acceptors (Lipinski definition) is 0. The van der Waals surface area contributed by atoms with Gasteiger partial charge in [-0.1, -0.05) is 34.1 Å². The highest BCUT2D eigenvalue weighted by atomic mass is 14.5. The second kappa shape index (κ2) is 3.00. The molecule has 2 aliphatic carbocycles. The van der Waals surface area contributed by atoms with Crippen LogP contribution >= 0.6 is 0 Å². The van der Waals surface area contributed by atoms with E-state index in [4.69, 9.17) is 0 Å². The molecule has 0 aliphatic heterocycles. The Labute approximate surface area is 83.1 Å². The molecule has 0 saturated heterocycles. The van der Waals surface area contributed by atoms with Crippen molar-refractivity contribution in [2.24, 2.45) is 29.1 Å². The summed E-state index contributed by atoms with van der Waals surface area (Å²) in [7, 11) is 0. The molecule has 0 radical (unpaired) electrons. The zero-order chi connectivity index (χ0) is 9.64. The van der Waals surface area contributed by atoms with Crippen LogP contribution in [-0.2, 0) is 0 Å². The SMILES string of the molecule is CC1CCC2CC(C)(C)C(C)CC12. The average molecular weight is 180 g/mol. The van der Waals surface area contributed by atoms with E-state index in [1.807, 2.05) is 0 Å². The highest BCUT2D eigenvalue weighted by molar-refractivity contribution is 4.94. The molecule has 2 rings (SSSR count). The van der Waals surface area contributed by atoms with Crippen LogP contribution in [0.5, 0.6) is 0 Å². The maximum absolute atomic E-state index is 2.47. The summed E-state index contributed by atoms with van der Waals surface area (Å²) in [5.41, 5.74) is 0.616. The fourth-order valence-corrected chi connectivity index (χ4v) is 3.65. The van der Waals surface area contributed by atoms with E-state index in [2.05, 4.69) is 27.7 Å². The van der Waals surface area contributed by atoms with Crippen molar-refractivity contribution in [3.8, 4) is 0 Å². The summed E-state index contributed by atoms with van der Waals surface area (Å²) in [5.74, 6) is 4.10. The molecule has 76 valence electrons. The normalized spacial score (nSPS) is 48.9. The average Bonchev–Trinajstić information content (AvgIpc) is 2.34. The first kappa shape index (κ1) is 9.55. The van der Waals surface area contributed by atoms with Crippen molar-refractivity contribution in [2.75, 3.05) is 0 Å². The Morgan fingerprint density at radius 1 is 1.08 bits per heavy atom. The highest BCUT2D eigenvalue weighted by Gasteiger charge is 2.44. The first-order valence-electron chi connectivity index (χ1n) is 6.00. The van der Waals surface area contributed by atoms with E-state index in [1.165, 1.54) is 25.7 Å². The molecule has 4 atom stereocenters. The van der Waals surface area contributed by atoms with Crippen LogP contribution in [0.2, 0.25) is 0 Å². The van der Waals surface area contributed by atoms with Gasteiger partial charge < -0.3 is 0 Å². The molecule has 0 N–H and O–H groups in total. The Morgan fingerprint density at radius 2 is 1.77 bits per heavy atom. The van der Waals surface area contributed by atoms with Crippen LogP contribution in [0.3, 0.4) is 0 Å². The van der Waals surface area contributed by atoms with Gasteiger partial charge in [-0.25, -0.2) is 0 Å². The lowest BCUT2D eigenvalue weighted by Crippen LogP contribution is -2.35. The van der Waals surface area contributed by atoms with E-state index in [0.717, 1.165) is 23.7 Å². The Bertz CT molecular complexity index is 192. The number of fused-ring (bicyclic) bond motifs is 1. The summed E-state index contributed by atoms with van der Waals surface area (Å²) < 4.78 is 0. The molecule has 2 saturated carbocycles. The van der Waals surface area contributed by atoms with E-state index >= 15 is 0 Å². The smallest absolute Gasteiger partial charge is 0.0326 e. The van der Waals surface area contributed by atoms with Crippen molar-refractivity contribution in [1.82, 2.24) is 0 Å². The van der Waals surface area contributed by atoms with Crippen LogP contribution in [-0.4, -0.2) is 0 Å². The highest BCUT2D eigenvalue weighted by Crippen LogP contribution is 2.53. The molecule has 0 aromatic rings. The van der Waals surface area contributed by atoms with Crippen molar-refractivity contribution in [1.29, 1.82) is 0 Å². The summed E-state index contributed by atoms with van der Waals surface area (Å²) in [6.45, 7) is 9.87. The van der Waals surface area contributed by atoms with Crippen LogP contribution in [0, 0.1) is 29.1 Å². The summed E-state index contributed by atoms with van der Waals surface area (Å²) in [6.07, 6.45) is 6.00. The van der Waals surface area contributed by atoms with E-state index in [-0.39, 0.29) is 0 Å². The fraction of sp³-hybridized carbons (Fsp3) is 1.00. The molecule has 2 aliphatic rings. The van der Waals surface area contributed by atoms with Gasteiger partial charge in [0.15, 0.2) is 0 Å². The van der Waals surface area contributed by atoms with E-state index in [9.17, 15) is 0 Å². The van der Waals surface area contributed by atoms with Gasteiger partial charge in [0.1, 0.15) is 0 Å². The molecule has 0 heteroatoms. The Kier molecular flexibility index (Phi) is 2.20. The van der Waals surface area contributed by atoms with Gasteiger partial charge in [0.25, 0.3) is 0 Å². The van der Waals surface area contributed by atoms with Gasteiger partial charge >= 0.3 is 0 Å². The first-order valence-corrected chi connectivity index (χ1v) is 6.00. The van der Waals surface area contributed by atoms with E-state index < -0.39 is 0 Å². The molecule has 4 unspecified atom stereocenters. The second-order valence-corrected chi connectivity index (χ2v) is 6.31. The quantitative estimate of drug-likeness (QED) is 0.526. The molecule has 0 nitrogen and oxygen atoms in total. The van der Waals surface area contributed by atoms with Gasteiger partial charge in [-0.2, -0.15) is 0 Å². The van der Waals surface area contributed by atoms with E-state index in [1.54, 1.807) is 0 Å². The summed E-state index contributed by atoms with van der Waals surface area (Å²) >= 11 is 0. The Morgan fingerprint density at radius 3 is 2.46 bits per heavy atom. The summed E-state index contributed by atoms with van der Waals surface area (Å²) in [4.78, 5) is 0. The predicted octanol–water partition coefficient (Wildman–Crippen LogP) is 4.10. The maximum atomic E-state index is 2.47. The standard InChI is InChI=1S/C13H24/c1-9-5-6-11-8-13(3,4)10(2)7-12(9)11/h9-12H,5-8H2,1-4H3. The van der Waals surface area contributed by atoms with Crippen LogP contribution in [0.1, 0.15) is 53.4 Å². The monoisotopic (exact) mass is 180 g/mol. The summed E-state index contributed by atoms with van der Waals surface area (Å²) in [6, 6.07) is 0. The van der Waals surface area contributed by atoms with E-state index in [0.29, 0.717) is 5.41 Å². The largest absolute Gasteiger partial charge is 0.0622 e. The Hall–Kier alpha value is 0. The molecule has 0 bridgehead atoms. The third-order valence-electron chi connectivity index (χ3n) is 5.08. The zero-order valence-corrected chi connectivity index (χ0v) is 9.64. The third kappa shape index (κ3) is 1.53. The fourth-order valence-electron chi connectivity index (χ4n) is 3.65. The minimum absolute atomic E-state index is 0.616. The molecule has 0 amide bonds. The van der Waals surface area contributed by atoms with Gasteiger partial charge in [-0.05, 0) is 48.3 Å². The molecule has 0 spiro atoms. The third-order valence-corrected chi connectivity index (χ3v) is 5.08. The van der Waals surface area contributed by atoms with Crippen molar-refractivity contribution >= 4 is 0 Å². The van der Waals surface area contributed by atoms with Gasteiger partial charge in [0.05, 0.1) is 0 Å². The predicted molar refractivity (Wildman–Crippen MR) is 57.6 cm³/mol. The molecular formula is C13H24. The summed E-state index contributed by atoms with van der Waals surface area (Å²) in [5, 5.41) is 0. The Balaban J connectivity index is 2.11. The minimum Gasteiger partial charge on any atom is -0.0622 e. The number of rotatable bonds is 0. The molecule has 13 heavy (non-hydrogen) atoms. The van der Waals surface area contributed by atoms with Crippen LogP contribution in [0.15, 0.2) is 0 Å². The maximum Gasteiger partial charge on any atom is -0.0326 e.